The first-order chi connectivity index (χ1) is 11.0. The fourth-order valence-corrected chi connectivity index (χ4v) is 1.75. The molecule has 0 bridgehead atoms. The predicted molar refractivity (Wildman–Crippen MR) is 86.9 cm³/mol. The molecule has 0 saturated carbocycles. The van der Waals surface area contributed by atoms with Gasteiger partial charge in [-0.15, -0.1) is 0 Å². The number of ether oxygens (including phenoxy) is 3. The van der Waals surface area contributed by atoms with Crippen LogP contribution in [0.3, 0.4) is 0 Å². The van der Waals surface area contributed by atoms with Crippen LogP contribution in [0.4, 0.5) is 5.69 Å². The standard InChI is InChI=1S/C16H24N2O5/c1-11(2)23-9-5-8-17-15(19)16(20)18-13-7-6-12(21-3)10-14(13)22-4/h6-7,10-11H,5,8-9H2,1-4H3,(H,17,19)(H,18,20). The van der Waals surface area contributed by atoms with Gasteiger partial charge in [0.2, 0.25) is 0 Å². The molecule has 0 radical (unpaired) electrons. The summed E-state index contributed by atoms with van der Waals surface area (Å²) in [5.74, 6) is -0.448. The van der Waals surface area contributed by atoms with Gasteiger partial charge >= 0.3 is 11.8 Å². The zero-order valence-corrected chi connectivity index (χ0v) is 14.0. The summed E-state index contributed by atoms with van der Waals surface area (Å²) >= 11 is 0. The highest BCUT2D eigenvalue weighted by atomic mass is 16.5. The molecular formula is C16H24N2O5. The lowest BCUT2D eigenvalue weighted by Gasteiger charge is -2.12. The van der Waals surface area contributed by atoms with Crippen molar-refractivity contribution in [2.75, 3.05) is 32.7 Å². The second-order valence-electron chi connectivity index (χ2n) is 5.05. The largest absolute Gasteiger partial charge is 0.497 e. The van der Waals surface area contributed by atoms with E-state index in [1.165, 1.54) is 14.2 Å². The Hall–Kier alpha value is -2.28. The van der Waals surface area contributed by atoms with E-state index in [0.717, 1.165) is 0 Å². The lowest BCUT2D eigenvalue weighted by Crippen LogP contribution is -2.36. The van der Waals surface area contributed by atoms with E-state index in [1.54, 1.807) is 18.2 Å². The third-order valence-electron chi connectivity index (χ3n) is 2.92. The molecule has 0 fully saturated rings. The maximum atomic E-state index is 11.9. The predicted octanol–water partition coefficient (Wildman–Crippen LogP) is 1.57. The van der Waals surface area contributed by atoms with Crippen molar-refractivity contribution >= 4 is 17.5 Å². The maximum absolute atomic E-state index is 11.9. The summed E-state index contributed by atoms with van der Waals surface area (Å²) in [6, 6.07) is 4.90. The highest BCUT2D eigenvalue weighted by Gasteiger charge is 2.15. The Kier molecular flexibility index (Phi) is 7.90. The van der Waals surface area contributed by atoms with Crippen LogP contribution in [-0.2, 0) is 14.3 Å². The van der Waals surface area contributed by atoms with Gasteiger partial charge in [0.15, 0.2) is 0 Å². The van der Waals surface area contributed by atoms with Crippen LogP contribution in [0.5, 0.6) is 11.5 Å². The van der Waals surface area contributed by atoms with Crippen molar-refractivity contribution in [2.24, 2.45) is 0 Å². The Morgan fingerprint density at radius 2 is 1.87 bits per heavy atom. The van der Waals surface area contributed by atoms with Crippen LogP contribution in [0.15, 0.2) is 18.2 Å². The topological polar surface area (TPSA) is 85.9 Å². The summed E-state index contributed by atoms with van der Waals surface area (Å²) in [5, 5.41) is 5.05. The quantitative estimate of drug-likeness (QED) is 0.560. The Labute approximate surface area is 136 Å². The number of methoxy groups -OCH3 is 2. The van der Waals surface area contributed by atoms with Crippen molar-refractivity contribution in [3.05, 3.63) is 18.2 Å². The summed E-state index contributed by atoms with van der Waals surface area (Å²) in [5.41, 5.74) is 0.400. The van der Waals surface area contributed by atoms with E-state index in [4.69, 9.17) is 14.2 Å². The molecule has 0 aliphatic carbocycles. The molecule has 0 aliphatic rings. The minimum absolute atomic E-state index is 0.150. The maximum Gasteiger partial charge on any atom is 0.313 e. The highest BCUT2D eigenvalue weighted by Crippen LogP contribution is 2.28. The van der Waals surface area contributed by atoms with Gasteiger partial charge in [-0.2, -0.15) is 0 Å². The summed E-state index contributed by atoms with van der Waals surface area (Å²) in [6.07, 6.45) is 0.791. The van der Waals surface area contributed by atoms with Crippen LogP contribution in [-0.4, -0.2) is 45.3 Å². The summed E-state index contributed by atoms with van der Waals surface area (Å²) in [4.78, 5) is 23.6. The Balaban J connectivity index is 2.47. The van der Waals surface area contributed by atoms with Gasteiger partial charge in [0.1, 0.15) is 11.5 Å². The third kappa shape index (κ3) is 6.56. The average molecular weight is 324 g/mol. The van der Waals surface area contributed by atoms with Gasteiger partial charge in [-0.25, -0.2) is 0 Å². The van der Waals surface area contributed by atoms with Gasteiger partial charge in [0.05, 0.1) is 26.0 Å². The normalized spacial score (nSPS) is 10.3. The van der Waals surface area contributed by atoms with Crippen LogP contribution in [0.1, 0.15) is 20.3 Å². The number of benzene rings is 1. The SMILES string of the molecule is COc1ccc(NC(=O)C(=O)NCCCOC(C)C)c(OC)c1. The molecule has 2 amide bonds. The van der Waals surface area contributed by atoms with E-state index < -0.39 is 11.8 Å². The van der Waals surface area contributed by atoms with E-state index in [2.05, 4.69) is 10.6 Å². The molecule has 0 atom stereocenters. The molecule has 128 valence electrons. The van der Waals surface area contributed by atoms with Gasteiger partial charge in [-0.1, -0.05) is 0 Å². The Morgan fingerprint density at radius 1 is 1.13 bits per heavy atom. The van der Waals surface area contributed by atoms with E-state index in [-0.39, 0.29) is 6.10 Å². The second-order valence-corrected chi connectivity index (χ2v) is 5.05. The van der Waals surface area contributed by atoms with Gasteiger partial charge in [-0.05, 0) is 32.4 Å². The molecule has 0 spiro atoms. The minimum Gasteiger partial charge on any atom is -0.497 e. The van der Waals surface area contributed by atoms with Crippen LogP contribution in [0.25, 0.3) is 0 Å². The molecule has 7 heteroatoms. The van der Waals surface area contributed by atoms with Crippen molar-refractivity contribution < 1.29 is 23.8 Å². The fourth-order valence-electron chi connectivity index (χ4n) is 1.75. The number of rotatable bonds is 8. The molecule has 1 aromatic carbocycles. The molecule has 1 rings (SSSR count). The number of anilines is 1. The van der Waals surface area contributed by atoms with Crippen molar-refractivity contribution in [3.63, 3.8) is 0 Å². The van der Waals surface area contributed by atoms with Crippen LogP contribution >= 0.6 is 0 Å². The zero-order chi connectivity index (χ0) is 17.2. The first-order valence-corrected chi connectivity index (χ1v) is 7.40. The fraction of sp³-hybridized carbons (Fsp3) is 0.500. The van der Waals surface area contributed by atoms with Crippen molar-refractivity contribution in [3.8, 4) is 11.5 Å². The molecule has 0 saturated heterocycles. The lowest BCUT2D eigenvalue weighted by atomic mass is 10.2. The molecule has 2 N–H and O–H groups in total. The molecule has 7 nitrogen and oxygen atoms in total. The van der Waals surface area contributed by atoms with E-state index in [9.17, 15) is 9.59 Å². The van der Waals surface area contributed by atoms with Crippen molar-refractivity contribution in [1.82, 2.24) is 5.32 Å². The number of carbonyl (C=O) groups excluding carboxylic acids is 2. The number of carbonyl (C=O) groups is 2. The Morgan fingerprint density at radius 3 is 2.48 bits per heavy atom. The first kappa shape index (κ1) is 18.8. The summed E-state index contributed by atoms with van der Waals surface area (Å²) in [7, 11) is 3.00. The lowest BCUT2D eigenvalue weighted by molar-refractivity contribution is -0.136. The zero-order valence-electron chi connectivity index (χ0n) is 14.0. The van der Waals surface area contributed by atoms with E-state index in [0.29, 0.717) is 36.8 Å². The molecule has 23 heavy (non-hydrogen) atoms. The smallest absolute Gasteiger partial charge is 0.313 e. The monoisotopic (exact) mass is 324 g/mol. The number of hydrogen-bond donors (Lipinski definition) is 2. The van der Waals surface area contributed by atoms with Crippen LogP contribution in [0, 0.1) is 0 Å². The van der Waals surface area contributed by atoms with Gasteiger partial charge in [0, 0.05) is 19.2 Å². The van der Waals surface area contributed by atoms with E-state index in [1.807, 2.05) is 13.8 Å². The average Bonchev–Trinajstić information content (AvgIpc) is 2.54. The number of nitrogens with one attached hydrogen (secondary N) is 2. The van der Waals surface area contributed by atoms with Gasteiger partial charge < -0.3 is 24.8 Å². The third-order valence-corrected chi connectivity index (χ3v) is 2.92. The van der Waals surface area contributed by atoms with Gasteiger partial charge in [0.25, 0.3) is 0 Å². The minimum atomic E-state index is -0.752. The number of amides is 2. The molecule has 0 aromatic heterocycles. The molecule has 0 aliphatic heterocycles. The Bertz CT molecular complexity index is 531. The molecular weight excluding hydrogens is 300 g/mol. The number of hydrogen-bond acceptors (Lipinski definition) is 5. The second kappa shape index (κ2) is 9.68. The summed E-state index contributed by atoms with van der Waals surface area (Å²) in [6.45, 7) is 4.78. The van der Waals surface area contributed by atoms with Gasteiger partial charge in [-0.3, -0.25) is 9.59 Å². The summed E-state index contributed by atoms with van der Waals surface area (Å²) < 4.78 is 15.6. The molecule has 0 heterocycles. The first-order valence-electron chi connectivity index (χ1n) is 7.40. The highest BCUT2D eigenvalue weighted by molar-refractivity contribution is 6.39. The van der Waals surface area contributed by atoms with E-state index >= 15 is 0 Å². The van der Waals surface area contributed by atoms with Crippen molar-refractivity contribution in [1.29, 1.82) is 0 Å². The molecule has 1 aromatic rings. The van der Waals surface area contributed by atoms with Crippen LogP contribution < -0.4 is 20.1 Å². The molecule has 0 unspecified atom stereocenters. The van der Waals surface area contributed by atoms with Crippen molar-refractivity contribution in [2.45, 2.75) is 26.4 Å². The van der Waals surface area contributed by atoms with Crippen LogP contribution in [0.2, 0.25) is 0 Å².